The van der Waals surface area contributed by atoms with Crippen molar-refractivity contribution in [1.29, 1.82) is 0 Å². The van der Waals surface area contributed by atoms with Crippen LogP contribution in [-0.2, 0) is 10.9 Å². The Labute approximate surface area is 182 Å². The fourth-order valence-corrected chi connectivity index (χ4v) is 3.46. The van der Waals surface area contributed by atoms with Crippen molar-refractivity contribution in [2.45, 2.75) is 31.9 Å². The highest BCUT2D eigenvalue weighted by atomic mass is 79.9. The molecule has 31 heavy (non-hydrogen) atoms. The van der Waals surface area contributed by atoms with Crippen LogP contribution in [0.25, 0.3) is 0 Å². The van der Waals surface area contributed by atoms with Gasteiger partial charge in [0.2, 0.25) is 6.36 Å². The Bertz CT molecular complexity index is 987. The fourth-order valence-electron chi connectivity index (χ4n) is 3.15. The highest BCUT2D eigenvalue weighted by Gasteiger charge is 2.38. The maximum Gasteiger partial charge on any atom is 0.418 e. The minimum atomic E-state index is -4.78. The molecule has 0 spiro atoms. The van der Waals surface area contributed by atoms with E-state index in [9.17, 15) is 26.7 Å². The molecule has 1 aliphatic rings. The van der Waals surface area contributed by atoms with Gasteiger partial charge >= 0.3 is 12.3 Å². The number of carbonyl (C=O) groups is 1. The number of hydrogen-bond donors (Lipinski definition) is 0. The molecule has 0 radical (unpaired) electrons. The van der Waals surface area contributed by atoms with E-state index in [1.165, 1.54) is 12.1 Å². The number of anilines is 1. The molecule has 0 N–H and O–H groups in total. The number of methoxy groups -OCH3 is 1. The van der Waals surface area contributed by atoms with Crippen molar-refractivity contribution in [3.05, 3.63) is 45.8 Å². The minimum Gasteiger partial charge on any atom is -0.490 e. The fraction of sp³-hybridized carbons (Fsp3) is 0.368. The van der Waals surface area contributed by atoms with Gasteiger partial charge in [0, 0.05) is 25.1 Å². The van der Waals surface area contributed by atoms with Gasteiger partial charge in [-0.05, 0) is 28.1 Å². The quantitative estimate of drug-likeness (QED) is 0.487. The van der Waals surface area contributed by atoms with Crippen LogP contribution in [0.2, 0.25) is 0 Å². The molecular weight excluding hydrogens is 495 g/mol. The average molecular weight is 511 g/mol. The van der Waals surface area contributed by atoms with Crippen LogP contribution >= 0.6 is 15.9 Å². The number of halogens is 6. The molecule has 168 valence electrons. The van der Waals surface area contributed by atoms with Crippen molar-refractivity contribution in [3.63, 3.8) is 0 Å². The third-order valence-electron chi connectivity index (χ3n) is 4.44. The average Bonchev–Trinajstić information content (AvgIpc) is 2.70. The maximum atomic E-state index is 14.5. The third kappa shape index (κ3) is 4.68. The predicted octanol–water partition coefficient (Wildman–Crippen LogP) is 5.79. The Balaban J connectivity index is 2.18. The molecule has 1 aliphatic heterocycles. The number of ether oxygens (including phenoxy) is 3. The van der Waals surface area contributed by atoms with Crippen LogP contribution < -0.4 is 14.4 Å². The van der Waals surface area contributed by atoms with E-state index in [0.29, 0.717) is 12.3 Å². The summed E-state index contributed by atoms with van der Waals surface area (Å²) in [6.45, 7) is 0.956. The summed E-state index contributed by atoms with van der Waals surface area (Å²) in [7, 11) is 1.06. The van der Waals surface area contributed by atoms with Crippen LogP contribution in [0.3, 0.4) is 0 Å². The molecule has 2 unspecified atom stereocenters. The first-order chi connectivity index (χ1) is 14.5. The Morgan fingerprint density at radius 2 is 2.10 bits per heavy atom. The molecule has 0 saturated carbocycles. The molecule has 0 bridgehead atoms. The number of rotatable bonds is 4. The molecule has 12 heteroatoms. The van der Waals surface area contributed by atoms with Gasteiger partial charge in [-0.25, -0.2) is 18.6 Å². The lowest BCUT2D eigenvalue weighted by molar-refractivity contribution is -0.138. The highest BCUT2D eigenvalue weighted by Crippen LogP contribution is 2.44. The van der Waals surface area contributed by atoms with E-state index < -0.39 is 47.6 Å². The largest absolute Gasteiger partial charge is 0.490 e. The number of amides is 1. The molecule has 1 amide bonds. The number of benzene rings is 1. The van der Waals surface area contributed by atoms with Crippen molar-refractivity contribution in [3.8, 4) is 11.5 Å². The molecule has 2 heterocycles. The summed E-state index contributed by atoms with van der Waals surface area (Å²) in [4.78, 5) is 17.3. The number of alkyl halides is 4. The van der Waals surface area contributed by atoms with E-state index in [2.05, 4.69) is 20.9 Å². The van der Waals surface area contributed by atoms with Crippen LogP contribution in [0.4, 0.5) is 32.6 Å². The summed E-state index contributed by atoms with van der Waals surface area (Å²) >= 11 is 3.04. The first-order valence-electron chi connectivity index (χ1n) is 8.90. The molecule has 2 aromatic rings. The lowest BCUT2D eigenvalue weighted by atomic mass is 9.98. The van der Waals surface area contributed by atoms with E-state index in [-0.39, 0.29) is 28.8 Å². The van der Waals surface area contributed by atoms with E-state index in [4.69, 9.17) is 14.2 Å². The summed E-state index contributed by atoms with van der Waals surface area (Å²) in [5.41, 5.74) is -0.961. The number of aromatic nitrogens is 1. The van der Waals surface area contributed by atoms with Gasteiger partial charge in [0.05, 0.1) is 29.8 Å². The summed E-state index contributed by atoms with van der Waals surface area (Å²) in [5.74, 6) is -1.87. The molecule has 1 aromatic carbocycles. The molecule has 1 aromatic heterocycles. The van der Waals surface area contributed by atoms with Crippen LogP contribution in [0.5, 0.6) is 11.5 Å². The molecule has 2 atom stereocenters. The molecule has 3 rings (SSSR count). The van der Waals surface area contributed by atoms with E-state index in [1.54, 1.807) is 0 Å². The predicted molar refractivity (Wildman–Crippen MR) is 102 cm³/mol. The summed E-state index contributed by atoms with van der Waals surface area (Å²) in [6, 6.07) is 2.49. The van der Waals surface area contributed by atoms with Gasteiger partial charge in [-0.15, -0.1) is 0 Å². The second kappa shape index (κ2) is 8.85. The topological polar surface area (TPSA) is 60.9 Å². The molecule has 0 aliphatic carbocycles. The Hall–Kier alpha value is -2.63. The second-order valence-corrected chi connectivity index (χ2v) is 7.33. The van der Waals surface area contributed by atoms with Gasteiger partial charge in [0.15, 0.2) is 23.1 Å². The Morgan fingerprint density at radius 1 is 1.39 bits per heavy atom. The van der Waals surface area contributed by atoms with Crippen molar-refractivity contribution >= 4 is 27.8 Å². The van der Waals surface area contributed by atoms with Gasteiger partial charge < -0.3 is 14.2 Å². The number of fused-ring (bicyclic) bond motifs is 1. The molecule has 0 saturated heterocycles. The van der Waals surface area contributed by atoms with E-state index >= 15 is 0 Å². The van der Waals surface area contributed by atoms with Crippen LogP contribution in [-0.4, -0.2) is 31.2 Å². The molecule has 0 fully saturated rings. The number of nitrogens with zero attached hydrogens (tertiary/aromatic N) is 2. The van der Waals surface area contributed by atoms with Crippen LogP contribution in [0, 0.1) is 5.82 Å². The van der Waals surface area contributed by atoms with Gasteiger partial charge in [0.1, 0.15) is 0 Å². The van der Waals surface area contributed by atoms with Crippen molar-refractivity contribution in [2.75, 3.05) is 18.6 Å². The monoisotopic (exact) mass is 510 g/mol. The summed E-state index contributed by atoms with van der Waals surface area (Å²) in [6.07, 6.45) is -7.16. The summed E-state index contributed by atoms with van der Waals surface area (Å²) < 4.78 is 82.7. The lowest BCUT2D eigenvalue weighted by Crippen LogP contribution is -2.38. The van der Waals surface area contributed by atoms with Gasteiger partial charge in [-0.1, -0.05) is 6.07 Å². The normalized spacial score (nSPS) is 16.7. The Kier molecular flexibility index (Phi) is 6.58. The molecular formula is C19H16BrF5N2O4. The standard InChI is InChI=1S/C19H16BrF5N2O4/c1-9(21)31-14-7-10(19(23,24)25)8-26-17(14)27(18(28)29-2)13-5-6-30-16-11(13)3-4-12(20)15(16)22/h3-4,7-9,13H,5-6H2,1-2H3. The second-order valence-electron chi connectivity index (χ2n) is 6.48. The lowest BCUT2D eigenvalue weighted by Gasteiger charge is -2.35. The van der Waals surface area contributed by atoms with E-state index in [1.807, 2.05) is 0 Å². The van der Waals surface area contributed by atoms with E-state index in [0.717, 1.165) is 18.9 Å². The zero-order chi connectivity index (χ0) is 22.9. The zero-order valence-corrected chi connectivity index (χ0v) is 17.8. The van der Waals surface area contributed by atoms with Crippen molar-refractivity contribution < 1.29 is 41.0 Å². The molecule has 6 nitrogen and oxygen atoms in total. The maximum absolute atomic E-state index is 14.5. The summed E-state index contributed by atoms with van der Waals surface area (Å²) in [5, 5.41) is 0. The van der Waals surface area contributed by atoms with Gasteiger partial charge in [-0.2, -0.15) is 13.2 Å². The Morgan fingerprint density at radius 3 is 2.71 bits per heavy atom. The number of pyridine rings is 1. The third-order valence-corrected chi connectivity index (χ3v) is 5.05. The first kappa shape index (κ1) is 23.0. The highest BCUT2D eigenvalue weighted by molar-refractivity contribution is 9.10. The first-order valence-corrected chi connectivity index (χ1v) is 9.69. The SMILES string of the molecule is COC(=O)N(c1ncc(C(F)(F)F)cc1OC(C)F)C1CCOc2c1ccc(Br)c2F. The zero-order valence-electron chi connectivity index (χ0n) is 16.2. The smallest absolute Gasteiger partial charge is 0.418 e. The van der Waals surface area contributed by atoms with Gasteiger partial charge in [-0.3, -0.25) is 4.90 Å². The number of hydrogen-bond acceptors (Lipinski definition) is 5. The van der Waals surface area contributed by atoms with Crippen molar-refractivity contribution in [1.82, 2.24) is 4.98 Å². The number of carbonyl (C=O) groups excluding carboxylic acids is 1. The van der Waals surface area contributed by atoms with Gasteiger partial charge in [0.25, 0.3) is 0 Å². The van der Waals surface area contributed by atoms with Crippen LogP contribution in [0.15, 0.2) is 28.9 Å². The van der Waals surface area contributed by atoms with Crippen molar-refractivity contribution in [2.24, 2.45) is 0 Å². The van der Waals surface area contributed by atoms with Crippen LogP contribution in [0.1, 0.15) is 30.5 Å². The minimum absolute atomic E-state index is 0.00509.